The van der Waals surface area contributed by atoms with Gasteiger partial charge < -0.3 is 0 Å². The van der Waals surface area contributed by atoms with E-state index in [0.29, 0.717) is 6.04 Å². The molecule has 2 aromatic carbocycles. The second kappa shape index (κ2) is 4.82. The maximum atomic E-state index is 2.46. The van der Waals surface area contributed by atoms with Crippen molar-refractivity contribution in [2.24, 2.45) is 0 Å². The van der Waals surface area contributed by atoms with Crippen LogP contribution in [0.5, 0.6) is 0 Å². The van der Waals surface area contributed by atoms with E-state index in [1.165, 1.54) is 27.8 Å². The molecule has 0 spiro atoms. The number of aryl methyl sites for hydroxylation is 2. The van der Waals surface area contributed by atoms with Gasteiger partial charge >= 0.3 is 0 Å². The molecular weight excluding hydrogens is 230 g/mol. The zero-order chi connectivity index (χ0) is 13.4. The smallest absolute Gasteiger partial charge is 0.0602 e. The highest BCUT2D eigenvalue weighted by Gasteiger charge is 2.25. The van der Waals surface area contributed by atoms with Gasteiger partial charge in [-0.15, -0.1) is 0 Å². The number of hydrogen-bond acceptors (Lipinski definition) is 1. The fourth-order valence-corrected chi connectivity index (χ4v) is 3.04. The van der Waals surface area contributed by atoms with Gasteiger partial charge in [-0.1, -0.05) is 53.6 Å². The second-order valence-corrected chi connectivity index (χ2v) is 5.75. The van der Waals surface area contributed by atoms with Crippen LogP contribution in [0.15, 0.2) is 42.5 Å². The molecule has 1 heteroatoms. The van der Waals surface area contributed by atoms with Crippen LogP contribution in [0.25, 0.3) is 0 Å². The Kier molecular flexibility index (Phi) is 3.16. The van der Waals surface area contributed by atoms with Gasteiger partial charge in [0.2, 0.25) is 0 Å². The standard InChI is InChI=1S/C18H21N/c1-13-4-8-16(9-5-13)18-17-12-14(2)6-7-15(17)10-11-19(18)3/h4-9,12,18H,10-11H2,1-3H3. The lowest BCUT2D eigenvalue weighted by atomic mass is 9.87. The second-order valence-electron chi connectivity index (χ2n) is 5.75. The van der Waals surface area contributed by atoms with Crippen LogP contribution in [-0.4, -0.2) is 18.5 Å². The Morgan fingerprint density at radius 3 is 2.37 bits per heavy atom. The van der Waals surface area contributed by atoms with E-state index in [-0.39, 0.29) is 0 Å². The van der Waals surface area contributed by atoms with Crippen LogP contribution in [0.4, 0.5) is 0 Å². The molecule has 0 saturated carbocycles. The zero-order valence-electron chi connectivity index (χ0n) is 12.0. The van der Waals surface area contributed by atoms with Crippen LogP contribution in [0, 0.1) is 13.8 Å². The summed E-state index contributed by atoms with van der Waals surface area (Å²) in [5.41, 5.74) is 7.07. The summed E-state index contributed by atoms with van der Waals surface area (Å²) in [5.74, 6) is 0. The third-order valence-electron chi connectivity index (χ3n) is 4.16. The van der Waals surface area contributed by atoms with Gasteiger partial charge in [0.1, 0.15) is 0 Å². The Balaban J connectivity index is 2.10. The first kappa shape index (κ1) is 12.4. The van der Waals surface area contributed by atoms with Crippen LogP contribution < -0.4 is 0 Å². The van der Waals surface area contributed by atoms with Crippen LogP contribution in [0.2, 0.25) is 0 Å². The normalized spacial score (nSPS) is 19.2. The van der Waals surface area contributed by atoms with Crippen LogP contribution >= 0.6 is 0 Å². The Bertz CT molecular complexity index is 583. The summed E-state index contributed by atoms with van der Waals surface area (Å²) in [5, 5.41) is 0. The molecule has 0 aliphatic carbocycles. The summed E-state index contributed by atoms with van der Waals surface area (Å²) in [6, 6.07) is 16.3. The molecule has 1 unspecified atom stereocenters. The molecule has 1 aliphatic rings. The van der Waals surface area contributed by atoms with Crippen molar-refractivity contribution in [1.29, 1.82) is 0 Å². The molecule has 1 atom stereocenters. The maximum Gasteiger partial charge on any atom is 0.0602 e. The van der Waals surface area contributed by atoms with Crippen molar-refractivity contribution in [3.05, 3.63) is 70.3 Å². The fraction of sp³-hybridized carbons (Fsp3) is 0.333. The van der Waals surface area contributed by atoms with Crippen molar-refractivity contribution in [3.63, 3.8) is 0 Å². The lowest BCUT2D eigenvalue weighted by Crippen LogP contribution is -2.32. The molecule has 1 heterocycles. The number of nitrogens with zero attached hydrogens (tertiary/aromatic N) is 1. The van der Waals surface area contributed by atoms with Crippen molar-refractivity contribution in [1.82, 2.24) is 4.90 Å². The quantitative estimate of drug-likeness (QED) is 0.743. The van der Waals surface area contributed by atoms with Gasteiger partial charge in [0.15, 0.2) is 0 Å². The van der Waals surface area contributed by atoms with Gasteiger partial charge in [-0.05, 0) is 44.0 Å². The monoisotopic (exact) mass is 251 g/mol. The Hall–Kier alpha value is -1.60. The Morgan fingerprint density at radius 2 is 1.63 bits per heavy atom. The van der Waals surface area contributed by atoms with E-state index in [9.17, 15) is 0 Å². The molecule has 2 aromatic rings. The van der Waals surface area contributed by atoms with Crippen LogP contribution in [0.1, 0.15) is 33.9 Å². The molecule has 0 radical (unpaired) electrons. The molecule has 0 N–H and O–H groups in total. The molecule has 0 bridgehead atoms. The van der Waals surface area contributed by atoms with E-state index in [1.54, 1.807) is 0 Å². The highest BCUT2D eigenvalue weighted by molar-refractivity contribution is 5.42. The molecule has 1 nitrogen and oxygen atoms in total. The molecular formula is C18H21N. The molecule has 0 amide bonds. The minimum atomic E-state index is 0.407. The van der Waals surface area contributed by atoms with Crippen molar-refractivity contribution in [2.45, 2.75) is 26.3 Å². The molecule has 19 heavy (non-hydrogen) atoms. The van der Waals surface area contributed by atoms with Gasteiger partial charge in [-0.2, -0.15) is 0 Å². The first-order valence-electron chi connectivity index (χ1n) is 7.01. The number of likely N-dealkylation sites (N-methyl/N-ethyl adjacent to an activating group) is 1. The van der Waals surface area contributed by atoms with E-state index in [0.717, 1.165) is 13.0 Å². The SMILES string of the molecule is Cc1ccc(C2c3cc(C)ccc3CCN2C)cc1. The summed E-state index contributed by atoms with van der Waals surface area (Å²) in [6.45, 7) is 5.46. The number of hydrogen-bond donors (Lipinski definition) is 0. The van der Waals surface area contributed by atoms with Gasteiger partial charge in [0.05, 0.1) is 6.04 Å². The Labute approximate surface area is 115 Å². The highest BCUT2D eigenvalue weighted by Crippen LogP contribution is 2.34. The minimum absolute atomic E-state index is 0.407. The van der Waals surface area contributed by atoms with Gasteiger partial charge in [-0.25, -0.2) is 0 Å². The number of benzene rings is 2. The summed E-state index contributed by atoms with van der Waals surface area (Å²) in [7, 11) is 2.23. The lowest BCUT2D eigenvalue weighted by molar-refractivity contribution is 0.264. The van der Waals surface area contributed by atoms with E-state index in [2.05, 4.69) is 68.3 Å². The molecule has 98 valence electrons. The average Bonchev–Trinajstić information content (AvgIpc) is 2.40. The van der Waals surface area contributed by atoms with Gasteiger partial charge in [0.25, 0.3) is 0 Å². The fourth-order valence-electron chi connectivity index (χ4n) is 3.04. The van der Waals surface area contributed by atoms with Gasteiger partial charge in [0, 0.05) is 6.54 Å². The topological polar surface area (TPSA) is 3.24 Å². The third kappa shape index (κ3) is 2.31. The van der Waals surface area contributed by atoms with Crippen LogP contribution in [0.3, 0.4) is 0 Å². The first-order valence-corrected chi connectivity index (χ1v) is 7.01. The summed E-state index contributed by atoms with van der Waals surface area (Å²) < 4.78 is 0. The minimum Gasteiger partial charge on any atom is -0.295 e. The van der Waals surface area contributed by atoms with Crippen molar-refractivity contribution < 1.29 is 0 Å². The predicted octanol–water partition coefficient (Wildman–Crippen LogP) is 3.88. The summed E-state index contributed by atoms with van der Waals surface area (Å²) >= 11 is 0. The molecule has 1 aliphatic heterocycles. The van der Waals surface area contributed by atoms with Crippen LogP contribution in [-0.2, 0) is 6.42 Å². The largest absolute Gasteiger partial charge is 0.295 e. The zero-order valence-corrected chi connectivity index (χ0v) is 12.0. The van der Waals surface area contributed by atoms with Crippen molar-refractivity contribution in [3.8, 4) is 0 Å². The number of fused-ring (bicyclic) bond motifs is 1. The third-order valence-corrected chi connectivity index (χ3v) is 4.16. The molecule has 3 rings (SSSR count). The molecule has 0 saturated heterocycles. The van der Waals surface area contributed by atoms with Gasteiger partial charge in [-0.3, -0.25) is 4.90 Å². The van der Waals surface area contributed by atoms with E-state index < -0.39 is 0 Å². The van der Waals surface area contributed by atoms with E-state index in [1.807, 2.05) is 0 Å². The summed E-state index contributed by atoms with van der Waals surface area (Å²) in [4.78, 5) is 2.46. The molecule has 0 fully saturated rings. The molecule has 0 aromatic heterocycles. The van der Waals surface area contributed by atoms with Crippen molar-refractivity contribution >= 4 is 0 Å². The van der Waals surface area contributed by atoms with E-state index in [4.69, 9.17) is 0 Å². The predicted molar refractivity (Wildman–Crippen MR) is 80.5 cm³/mol. The van der Waals surface area contributed by atoms with Crippen molar-refractivity contribution in [2.75, 3.05) is 13.6 Å². The number of rotatable bonds is 1. The maximum absolute atomic E-state index is 2.46. The van der Waals surface area contributed by atoms with E-state index >= 15 is 0 Å². The first-order chi connectivity index (χ1) is 9.15. The lowest BCUT2D eigenvalue weighted by Gasteiger charge is -2.35. The highest BCUT2D eigenvalue weighted by atomic mass is 15.1. The Morgan fingerprint density at radius 1 is 0.947 bits per heavy atom. The summed E-state index contributed by atoms with van der Waals surface area (Å²) in [6.07, 6.45) is 1.16. The average molecular weight is 251 g/mol.